The van der Waals surface area contributed by atoms with Gasteiger partial charge in [0.15, 0.2) is 5.78 Å². The molecule has 0 N–H and O–H groups in total. The molecule has 3 heteroatoms. The van der Waals surface area contributed by atoms with Crippen LogP contribution in [0.4, 0.5) is 0 Å². The molecule has 1 aliphatic carbocycles. The van der Waals surface area contributed by atoms with E-state index < -0.39 is 0 Å². The Labute approximate surface area is 118 Å². The first-order valence-electron chi connectivity index (χ1n) is 6.36. The van der Waals surface area contributed by atoms with E-state index in [1.807, 2.05) is 18.2 Å². The van der Waals surface area contributed by atoms with Crippen molar-refractivity contribution in [2.75, 3.05) is 7.11 Å². The molecule has 1 aromatic rings. The fourth-order valence-electron chi connectivity index (χ4n) is 1.97. The summed E-state index contributed by atoms with van der Waals surface area (Å²) in [5, 5.41) is 8.89. The first-order valence-corrected chi connectivity index (χ1v) is 6.36. The number of ether oxygens (including phenoxy) is 1. The Morgan fingerprint density at radius 1 is 1.50 bits per heavy atom. The van der Waals surface area contributed by atoms with Crippen LogP contribution >= 0.6 is 0 Å². The molecule has 0 amide bonds. The number of nitriles is 1. The van der Waals surface area contributed by atoms with E-state index >= 15 is 0 Å². The molecule has 0 aliphatic heterocycles. The van der Waals surface area contributed by atoms with Gasteiger partial charge in [-0.05, 0) is 30.2 Å². The Hall–Kier alpha value is -2.60. The predicted molar refractivity (Wildman–Crippen MR) is 77.4 cm³/mol. The molecule has 0 heterocycles. The van der Waals surface area contributed by atoms with Crippen LogP contribution in [-0.2, 0) is 0 Å². The second-order valence-corrected chi connectivity index (χ2v) is 4.50. The number of carbonyl (C=O) groups is 1. The van der Waals surface area contributed by atoms with E-state index in [4.69, 9.17) is 10.00 Å². The lowest BCUT2D eigenvalue weighted by Crippen LogP contribution is -1.99. The summed E-state index contributed by atoms with van der Waals surface area (Å²) in [5.41, 5.74) is 1.57. The van der Waals surface area contributed by atoms with Gasteiger partial charge in [0, 0.05) is 5.56 Å². The molecule has 1 aliphatic rings. The first-order chi connectivity index (χ1) is 9.72. The molecule has 0 saturated heterocycles. The van der Waals surface area contributed by atoms with Crippen molar-refractivity contribution in [3.05, 3.63) is 65.8 Å². The van der Waals surface area contributed by atoms with Gasteiger partial charge in [-0.15, -0.1) is 0 Å². The van der Waals surface area contributed by atoms with Crippen LogP contribution in [0.25, 0.3) is 0 Å². The Balaban J connectivity index is 2.08. The van der Waals surface area contributed by atoms with Crippen LogP contribution in [0.5, 0.6) is 5.75 Å². The minimum Gasteiger partial charge on any atom is -0.497 e. The molecule has 2 rings (SSSR count). The van der Waals surface area contributed by atoms with E-state index in [2.05, 4.69) is 6.07 Å². The number of benzene rings is 1. The number of ketones is 1. The van der Waals surface area contributed by atoms with Gasteiger partial charge in [-0.3, -0.25) is 4.79 Å². The topological polar surface area (TPSA) is 50.1 Å². The summed E-state index contributed by atoms with van der Waals surface area (Å²) in [4.78, 5) is 12.1. The Morgan fingerprint density at radius 3 is 3.10 bits per heavy atom. The third-order valence-electron chi connectivity index (χ3n) is 3.08. The smallest absolute Gasteiger partial charge is 0.185 e. The molecular weight excluding hydrogens is 250 g/mol. The van der Waals surface area contributed by atoms with Crippen molar-refractivity contribution in [1.82, 2.24) is 0 Å². The number of nitrogens with zero attached hydrogens (tertiary/aromatic N) is 1. The maximum Gasteiger partial charge on any atom is 0.185 e. The molecule has 0 fully saturated rings. The molecule has 0 spiro atoms. The molecule has 0 unspecified atom stereocenters. The average molecular weight is 265 g/mol. The summed E-state index contributed by atoms with van der Waals surface area (Å²) in [6.45, 7) is 0. The van der Waals surface area contributed by atoms with E-state index in [1.54, 1.807) is 37.5 Å². The van der Waals surface area contributed by atoms with Gasteiger partial charge in [0.25, 0.3) is 0 Å². The molecular formula is C17H15NO2. The molecule has 1 aromatic carbocycles. The van der Waals surface area contributed by atoms with Gasteiger partial charge in [-0.1, -0.05) is 36.4 Å². The summed E-state index contributed by atoms with van der Waals surface area (Å²) in [6, 6.07) is 9.25. The fourth-order valence-corrected chi connectivity index (χ4v) is 1.97. The fraction of sp³-hybridized carbons (Fsp3) is 0.176. The van der Waals surface area contributed by atoms with Gasteiger partial charge in [0.2, 0.25) is 0 Å². The molecule has 100 valence electrons. The normalized spacial score (nSPS) is 17.6. The van der Waals surface area contributed by atoms with Crippen molar-refractivity contribution in [3.8, 4) is 11.8 Å². The van der Waals surface area contributed by atoms with E-state index in [1.165, 1.54) is 6.08 Å². The second-order valence-electron chi connectivity index (χ2n) is 4.50. The highest BCUT2D eigenvalue weighted by Gasteiger charge is 2.09. The number of hydrogen-bond donors (Lipinski definition) is 0. The number of rotatable bonds is 4. The zero-order valence-electron chi connectivity index (χ0n) is 11.2. The van der Waals surface area contributed by atoms with Crippen LogP contribution in [0.1, 0.15) is 16.8 Å². The number of hydrogen-bond acceptors (Lipinski definition) is 3. The number of carbonyl (C=O) groups excluding carboxylic acids is 1. The summed E-state index contributed by atoms with van der Waals surface area (Å²) >= 11 is 0. The van der Waals surface area contributed by atoms with Crippen LogP contribution in [0.3, 0.4) is 0 Å². The Kier molecular flexibility index (Phi) is 4.52. The second kappa shape index (κ2) is 6.53. The van der Waals surface area contributed by atoms with Gasteiger partial charge in [-0.2, -0.15) is 5.26 Å². The van der Waals surface area contributed by atoms with Crippen molar-refractivity contribution in [2.24, 2.45) is 5.92 Å². The van der Waals surface area contributed by atoms with Crippen LogP contribution in [0.2, 0.25) is 0 Å². The van der Waals surface area contributed by atoms with Crippen molar-refractivity contribution in [1.29, 1.82) is 5.26 Å². The first kappa shape index (κ1) is 13.8. The van der Waals surface area contributed by atoms with Gasteiger partial charge in [-0.25, -0.2) is 0 Å². The highest BCUT2D eigenvalue weighted by atomic mass is 16.5. The minimum atomic E-state index is -0.105. The third kappa shape index (κ3) is 3.46. The van der Waals surface area contributed by atoms with E-state index in [-0.39, 0.29) is 11.7 Å². The van der Waals surface area contributed by atoms with Crippen molar-refractivity contribution >= 4 is 5.78 Å². The molecule has 1 atom stereocenters. The zero-order valence-corrected chi connectivity index (χ0v) is 11.2. The van der Waals surface area contributed by atoms with Crippen molar-refractivity contribution in [3.63, 3.8) is 0 Å². The van der Waals surface area contributed by atoms with Crippen LogP contribution in [-0.4, -0.2) is 12.9 Å². The maximum absolute atomic E-state index is 12.1. The molecule has 0 bridgehead atoms. The van der Waals surface area contributed by atoms with E-state index in [0.29, 0.717) is 17.7 Å². The third-order valence-corrected chi connectivity index (χ3v) is 3.08. The largest absolute Gasteiger partial charge is 0.497 e. The average Bonchev–Trinajstić information content (AvgIpc) is 2.52. The standard InChI is InChI=1S/C17H15NO2/c1-20-16-7-3-6-15(11-16)17(19)9-8-13-4-2-5-14(10-13)12-18/h2-9,11,14H,10H2,1H3/b9-8+/t14-/m1/s1. The summed E-state index contributed by atoms with van der Waals surface area (Å²) in [5.74, 6) is 0.480. The summed E-state index contributed by atoms with van der Waals surface area (Å²) < 4.78 is 5.10. The molecule has 3 nitrogen and oxygen atoms in total. The van der Waals surface area contributed by atoms with Gasteiger partial charge < -0.3 is 4.74 Å². The Morgan fingerprint density at radius 2 is 2.35 bits per heavy atom. The predicted octanol–water partition coefficient (Wildman–Crippen LogP) is 3.46. The Bertz CT molecular complexity index is 633. The van der Waals surface area contributed by atoms with Crippen LogP contribution in [0, 0.1) is 17.2 Å². The molecule has 0 saturated carbocycles. The summed E-state index contributed by atoms with van der Waals surface area (Å²) in [7, 11) is 1.57. The highest BCUT2D eigenvalue weighted by molar-refractivity contribution is 6.05. The molecule has 20 heavy (non-hydrogen) atoms. The summed E-state index contributed by atoms with van der Waals surface area (Å²) in [6.07, 6.45) is 9.59. The maximum atomic E-state index is 12.1. The molecule has 0 radical (unpaired) electrons. The SMILES string of the molecule is COc1cccc(C(=O)/C=C/C2=CC=C[C@@H](C#N)C2)c1. The lowest BCUT2D eigenvalue weighted by Gasteiger charge is -2.08. The van der Waals surface area contributed by atoms with E-state index in [9.17, 15) is 4.79 Å². The van der Waals surface area contributed by atoms with Crippen LogP contribution in [0.15, 0.2) is 60.2 Å². The van der Waals surface area contributed by atoms with Crippen molar-refractivity contribution in [2.45, 2.75) is 6.42 Å². The zero-order chi connectivity index (χ0) is 14.4. The minimum absolute atomic E-state index is 0.0761. The highest BCUT2D eigenvalue weighted by Crippen LogP contribution is 2.19. The number of methoxy groups -OCH3 is 1. The van der Waals surface area contributed by atoms with Crippen molar-refractivity contribution < 1.29 is 9.53 Å². The lowest BCUT2D eigenvalue weighted by molar-refractivity contribution is 0.104. The quantitative estimate of drug-likeness (QED) is 0.618. The van der Waals surface area contributed by atoms with Gasteiger partial charge in [0.1, 0.15) is 5.75 Å². The molecule has 0 aromatic heterocycles. The van der Waals surface area contributed by atoms with Gasteiger partial charge in [0.05, 0.1) is 19.1 Å². The lowest BCUT2D eigenvalue weighted by atomic mass is 9.95. The van der Waals surface area contributed by atoms with Crippen LogP contribution < -0.4 is 4.74 Å². The number of allylic oxidation sites excluding steroid dienone is 6. The van der Waals surface area contributed by atoms with Gasteiger partial charge >= 0.3 is 0 Å². The monoisotopic (exact) mass is 265 g/mol. The van der Waals surface area contributed by atoms with E-state index in [0.717, 1.165) is 5.57 Å².